The highest BCUT2D eigenvalue weighted by atomic mass is 16.5. The average molecular weight is 312 g/mol. The largest absolute Gasteiger partial charge is 0.381 e. The monoisotopic (exact) mass is 312 g/mol. The van der Waals surface area contributed by atoms with Gasteiger partial charge in [-0.15, -0.1) is 0 Å². The van der Waals surface area contributed by atoms with Crippen molar-refractivity contribution in [1.82, 2.24) is 9.97 Å². The van der Waals surface area contributed by atoms with Gasteiger partial charge in [-0.1, -0.05) is 12.1 Å². The van der Waals surface area contributed by atoms with E-state index < -0.39 is 0 Å². The second kappa shape index (κ2) is 6.12. The topological polar surface area (TPSA) is 67.4 Å². The van der Waals surface area contributed by atoms with E-state index in [1.165, 1.54) is 0 Å². The number of amides is 1. The van der Waals surface area contributed by atoms with Gasteiger partial charge in [-0.2, -0.15) is 0 Å². The zero-order valence-electron chi connectivity index (χ0n) is 13.0. The lowest BCUT2D eigenvalue weighted by atomic mass is 10.1. The van der Waals surface area contributed by atoms with Gasteiger partial charge in [0, 0.05) is 19.7 Å². The zero-order chi connectivity index (χ0) is 15.6. The molecular formula is C17H20N4O2. The summed E-state index contributed by atoms with van der Waals surface area (Å²) in [5.41, 5.74) is 1.66. The minimum Gasteiger partial charge on any atom is -0.381 e. The molecule has 2 saturated heterocycles. The van der Waals surface area contributed by atoms with Crippen LogP contribution in [0.1, 0.15) is 19.3 Å². The molecule has 1 aromatic carbocycles. The summed E-state index contributed by atoms with van der Waals surface area (Å²) in [6.07, 6.45) is 3.07. The Morgan fingerprint density at radius 1 is 1.17 bits per heavy atom. The third kappa shape index (κ3) is 2.86. The van der Waals surface area contributed by atoms with Crippen molar-refractivity contribution in [2.45, 2.75) is 19.3 Å². The van der Waals surface area contributed by atoms with Crippen LogP contribution in [0.3, 0.4) is 0 Å². The van der Waals surface area contributed by atoms with E-state index in [1.807, 2.05) is 24.3 Å². The van der Waals surface area contributed by atoms with E-state index in [-0.39, 0.29) is 11.8 Å². The Morgan fingerprint density at radius 3 is 2.61 bits per heavy atom. The molecule has 0 spiro atoms. The van der Waals surface area contributed by atoms with Gasteiger partial charge >= 0.3 is 0 Å². The van der Waals surface area contributed by atoms with Gasteiger partial charge in [0.25, 0.3) is 0 Å². The Kier molecular flexibility index (Phi) is 3.83. The molecule has 1 N–H and O–H groups in total. The maximum absolute atomic E-state index is 12.4. The van der Waals surface area contributed by atoms with Crippen molar-refractivity contribution in [3.8, 4) is 0 Å². The first-order valence-electron chi connectivity index (χ1n) is 8.21. The first-order chi connectivity index (χ1) is 11.3. The van der Waals surface area contributed by atoms with Crippen molar-refractivity contribution in [2.24, 2.45) is 5.92 Å². The molecule has 120 valence electrons. The van der Waals surface area contributed by atoms with Gasteiger partial charge in [0.05, 0.1) is 23.6 Å². The fourth-order valence-electron chi connectivity index (χ4n) is 3.18. The van der Waals surface area contributed by atoms with Crippen LogP contribution in [0.5, 0.6) is 0 Å². The van der Waals surface area contributed by atoms with Gasteiger partial charge in [0.2, 0.25) is 5.91 Å². The smallest absolute Gasteiger partial charge is 0.231 e. The number of anilines is 2. The highest BCUT2D eigenvalue weighted by molar-refractivity contribution is 5.95. The van der Waals surface area contributed by atoms with E-state index in [1.54, 1.807) is 0 Å². The molecule has 23 heavy (non-hydrogen) atoms. The van der Waals surface area contributed by atoms with Crippen LogP contribution < -0.4 is 10.2 Å². The van der Waals surface area contributed by atoms with Crippen molar-refractivity contribution in [1.29, 1.82) is 0 Å². The van der Waals surface area contributed by atoms with Gasteiger partial charge in [0.15, 0.2) is 11.6 Å². The summed E-state index contributed by atoms with van der Waals surface area (Å²) in [5.74, 6) is 1.25. The number of para-hydroxylation sites is 2. The fourth-order valence-corrected chi connectivity index (χ4v) is 3.18. The third-order valence-corrected chi connectivity index (χ3v) is 4.50. The van der Waals surface area contributed by atoms with E-state index in [9.17, 15) is 4.79 Å². The number of ether oxygens (including phenoxy) is 1. The highest BCUT2D eigenvalue weighted by Crippen LogP contribution is 2.28. The number of carbonyl (C=O) groups is 1. The van der Waals surface area contributed by atoms with E-state index in [4.69, 9.17) is 9.72 Å². The summed E-state index contributed by atoms with van der Waals surface area (Å²) in [6, 6.07) is 7.77. The molecule has 1 aromatic heterocycles. The number of rotatable bonds is 3. The Bertz CT molecular complexity index is 722. The lowest BCUT2D eigenvalue weighted by Crippen LogP contribution is -2.27. The molecule has 6 heteroatoms. The molecule has 0 bridgehead atoms. The molecule has 2 fully saturated rings. The van der Waals surface area contributed by atoms with Crippen LogP contribution in [-0.2, 0) is 9.53 Å². The maximum atomic E-state index is 12.4. The minimum atomic E-state index is -0.0882. The number of benzene rings is 1. The number of aromatic nitrogens is 2. The summed E-state index contributed by atoms with van der Waals surface area (Å²) in [5, 5.41) is 2.99. The highest BCUT2D eigenvalue weighted by Gasteiger charge is 2.26. The Labute approximate surface area is 134 Å². The summed E-state index contributed by atoms with van der Waals surface area (Å²) >= 11 is 0. The predicted molar refractivity (Wildman–Crippen MR) is 88.5 cm³/mol. The zero-order valence-corrected chi connectivity index (χ0v) is 13.0. The number of hydrogen-bond donors (Lipinski definition) is 1. The van der Waals surface area contributed by atoms with Crippen LogP contribution in [0.2, 0.25) is 0 Å². The lowest BCUT2D eigenvalue weighted by Gasteiger charge is -2.20. The van der Waals surface area contributed by atoms with Crippen molar-refractivity contribution >= 4 is 28.6 Å². The SMILES string of the molecule is O=C(Nc1nc2ccccc2nc1N1CCCC1)C1CCOC1. The van der Waals surface area contributed by atoms with Gasteiger partial charge in [-0.05, 0) is 31.4 Å². The quantitative estimate of drug-likeness (QED) is 0.941. The van der Waals surface area contributed by atoms with Crippen LogP contribution in [0.25, 0.3) is 11.0 Å². The Morgan fingerprint density at radius 2 is 1.91 bits per heavy atom. The average Bonchev–Trinajstić information content (AvgIpc) is 3.27. The first-order valence-corrected chi connectivity index (χ1v) is 8.21. The van der Waals surface area contributed by atoms with E-state index in [0.717, 1.165) is 49.2 Å². The van der Waals surface area contributed by atoms with Gasteiger partial charge < -0.3 is 15.0 Å². The van der Waals surface area contributed by atoms with Crippen LogP contribution in [0.4, 0.5) is 11.6 Å². The molecule has 1 unspecified atom stereocenters. The summed E-state index contributed by atoms with van der Waals surface area (Å²) in [4.78, 5) is 24.1. The number of nitrogens with zero attached hydrogens (tertiary/aromatic N) is 3. The Balaban J connectivity index is 1.69. The van der Waals surface area contributed by atoms with Gasteiger partial charge in [0.1, 0.15) is 0 Å². The van der Waals surface area contributed by atoms with E-state index >= 15 is 0 Å². The molecule has 3 heterocycles. The van der Waals surface area contributed by atoms with Crippen molar-refractivity contribution < 1.29 is 9.53 Å². The van der Waals surface area contributed by atoms with Crippen LogP contribution >= 0.6 is 0 Å². The third-order valence-electron chi connectivity index (χ3n) is 4.50. The summed E-state index contributed by atoms with van der Waals surface area (Å²) < 4.78 is 5.31. The molecule has 6 nitrogen and oxygen atoms in total. The van der Waals surface area contributed by atoms with Crippen molar-refractivity contribution in [3.05, 3.63) is 24.3 Å². The standard InChI is InChI=1S/C17H20N4O2/c22-17(12-7-10-23-11-12)20-15-16(21-8-3-4-9-21)19-14-6-2-1-5-13(14)18-15/h1-2,5-6,12H,3-4,7-11H2,(H,18,20,22). The first kappa shape index (κ1) is 14.4. The molecular weight excluding hydrogens is 292 g/mol. The van der Waals surface area contributed by atoms with E-state index in [2.05, 4.69) is 15.2 Å². The second-order valence-electron chi connectivity index (χ2n) is 6.13. The number of nitrogens with one attached hydrogen (secondary N) is 1. The lowest BCUT2D eigenvalue weighted by molar-refractivity contribution is -0.119. The maximum Gasteiger partial charge on any atom is 0.231 e. The fraction of sp³-hybridized carbons (Fsp3) is 0.471. The van der Waals surface area contributed by atoms with Crippen LogP contribution in [-0.4, -0.2) is 42.2 Å². The second-order valence-corrected chi connectivity index (χ2v) is 6.13. The predicted octanol–water partition coefficient (Wildman–Crippen LogP) is 2.21. The number of carbonyl (C=O) groups excluding carboxylic acids is 1. The molecule has 2 aromatic rings. The number of hydrogen-bond acceptors (Lipinski definition) is 5. The Hall–Kier alpha value is -2.21. The van der Waals surface area contributed by atoms with Crippen molar-refractivity contribution in [3.63, 3.8) is 0 Å². The summed E-state index contributed by atoms with van der Waals surface area (Å²) in [7, 11) is 0. The molecule has 1 atom stereocenters. The minimum absolute atomic E-state index is 0.0208. The van der Waals surface area contributed by atoms with Crippen LogP contribution in [0, 0.1) is 5.92 Å². The molecule has 2 aliphatic rings. The molecule has 2 aliphatic heterocycles. The van der Waals surface area contributed by atoms with Crippen molar-refractivity contribution in [2.75, 3.05) is 36.5 Å². The van der Waals surface area contributed by atoms with Crippen LogP contribution in [0.15, 0.2) is 24.3 Å². The van der Waals surface area contributed by atoms with Gasteiger partial charge in [-0.3, -0.25) is 4.79 Å². The molecule has 4 rings (SSSR count). The van der Waals surface area contributed by atoms with E-state index in [0.29, 0.717) is 19.0 Å². The molecule has 0 aliphatic carbocycles. The molecule has 0 radical (unpaired) electrons. The molecule has 0 saturated carbocycles. The van der Waals surface area contributed by atoms with Gasteiger partial charge in [-0.25, -0.2) is 9.97 Å². The number of fused-ring (bicyclic) bond motifs is 1. The normalized spacial score (nSPS) is 21.0. The summed E-state index contributed by atoms with van der Waals surface area (Å²) in [6.45, 7) is 3.07. The molecule has 1 amide bonds.